The van der Waals surface area contributed by atoms with Crippen molar-refractivity contribution in [2.75, 3.05) is 26.5 Å². The Kier molecular flexibility index (Phi) is 7.26. The second-order valence-electron chi connectivity index (χ2n) is 7.93. The number of rotatable bonds is 7. The molecule has 8 nitrogen and oxygen atoms in total. The smallest absolute Gasteiger partial charge is 0.243 e. The Morgan fingerprint density at radius 1 is 0.969 bits per heavy atom. The molecule has 1 atom stereocenters. The molecule has 0 bridgehead atoms. The largest absolute Gasteiger partial charge is 0.497 e. The number of amides is 1. The van der Waals surface area contributed by atoms with Crippen molar-refractivity contribution in [3.8, 4) is 5.75 Å². The molecule has 1 N–H and O–H groups in total. The van der Waals surface area contributed by atoms with Gasteiger partial charge in [-0.1, -0.05) is 12.1 Å². The van der Waals surface area contributed by atoms with Gasteiger partial charge in [-0.05, 0) is 61.7 Å². The van der Waals surface area contributed by atoms with Gasteiger partial charge in [0.1, 0.15) is 5.75 Å². The van der Waals surface area contributed by atoms with E-state index in [2.05, 4.69) is 5.32 Å². The lowest BCUT2D eigenvalue weighted by Crippen LogP contribution is -2.43. The molecule has 2 aromatic rings. The maximum atomic E-state index is 12.9. The van der Waals surface area contributed by atoms with E-state index in [0.717, 1.165) is 11.8 Å². The first kappa shape index (κ1) is 24.2. The third-order valence-electron chi connectivity index (χ3n) is 5.69. The first-order chi connectivity index (χ1) is 15.0. The molecule has 0 aromatic heterocycles. The molecule has 2 aromatic carbocycles. The van der Waals surface area contributed by atoms with Crippen molar-refractivity contribution in [1.82, 2.24) is 9.62 Å². The molecule has 1 saturated heterocycles. The fourth-order valence-corrected chi connectivity index (χ4v) is 5.77. The molecule has 0 spiro atoms. The van der Waals surface area contributed by atoms with Gasteiger partial charge >= 0.3 is 0 Å². The summed E-state index contributed by atoms with van der Waals surface area (Å²) in [5, 5.41) is 2.95. The fraction of sp³-hybridized carbons (Fsp3) is 0.409. The van der Waals surface area contributed by atoms with Crippen molar-refractivity contribution in [2.45, 2.75) is 35.6 Å². The van der Waals surface area contributed by atoms with Gasteiger partial charge in [-0.25, -0.2) is 16.8 Å². The number of piperidine rings is 1. The van der Waals surface area contributed by atoms with E-state index in [-0.39, 0.29) is 40.7 Å². The summed E-state index contributed by atoms with van der Waals surface area (Å²) in [5.74, 6) is 0.167. The van der Waals surface area contributed by atoms with E-state index in [4.69, 9.17) is 4.74 Å². The average Bonchev–Trinajstić information content (AvgIpc) is 2.78. The summed E-state index contributed by atoms with van der Waals surface area (Å²) in [6, 6.07) is 12.4. The minimum absolute atomic E-state index is 0.133. The van der Waals surface area contributed by atoms with E-state index in [0.29, 0.717) is 18.6 Å². The van der Waals surface area contributed by atoms with Crippen LogP contribution in [0.5, 0.6) is 5.75 Å². The number of sulfone groups is 1. The Morgan fingerprint density at radius 3 is 2.00 bits per heavy atom. The highest BCUT2D eigenvalue weighted by atomic mass is 32.2. The Bertz CT molecular complexity index is 1150. The second kappa shape index (κ2) is 9.60. The first-order valence-electron chi connectivity index (χ1n) is 10.3. The van der Waals surface area contributed by atoms with E-state index in [1.165, 1.54) is 35.7 Å². The van der Waals surface area contributed by atoms with Crippen LogP contribution in [0.3, 0.4) is 0 Å². The maximum absolute atomic E-state index is 12.9. The monoisotopic (exact) mass is 480 g/mol. The van der Waals surface area contributed by atoms with Gasteiger partial charge in [0.05, 0.1) is 22.9 Å². The van der Waals surface area contributed by atoms with Gasteiger partial charge in [0.2, 0.25) is 15.9 Å². The Hall–Kier alpha value is -2.43. The van der Waals surface area contributed by atoms with Gasteiger partial charge in [-0.2, -0.15) is 4.31 Å². The van der Waals surface area contributed by atoms with E-state index in [1.54, 1.807) is 24.3 Å². The van der Waals surface area contributed by atoms with Gasteiger partial charge in [0.15, 0.2) is 9.84 Å². The first-order valence-corrected chi connectivity index (χ1v) is 13.6. The Morgan fingerprint density at radius 2 is 1.50 bits per heavy atom. The van der Waals surface area contributed by atoms with Crippen molar-refractivity contribution < 1.29 is 26.4 Å². The minimum atomic E-state index is -3.62. The van der Waals surface area contributed by atoms with Crippen molar-refractivity contribution in [1.29, 1.82) is 0 Å². The molecule has 174 valence electrons. The molecule has 0 radical (unpaired) electrons. The lowest BCUT2D eigenvalue weighted by molar-refractivity contribution is -0.126. The summed E-state index contributed by atoms with van der Waals surface area (Å²) in [4.78, 5) is 13.1. The second-order valence-corrected chi connectivity index (χ2v) is 11.9. The lowest BCUT2D eigenvalue weighted by Gasteiger charge is -2.31. The zero-order valence-electron chi connectivity index (χ0n) is 18.3. The lowest BCUT2D eigenvalue weighted by atomic mass is 9.96. The summed E-state index contributed by atoms with van der Waals surface area (Å²) < 4.78 is 55.4. The normalized spacial score (nSPS) is 17.0. The molecule has 0 aliphatic carbocycles. The third-order valence-corrected chi connectivity index (χ3v) is 8.73. The van der Waals surface area contributed by atoms with Gasteiger partial charge < -0.3 is 10.1 Å². The van der Waals surface area contributed by atoms with Crippen LogP contribution in [0.1, 0.15) is 31.4 Å². The molecule has 1 heterocycles. The molecule has 0 saturated carbocycles. The zero-order chi connectivity index (χ0) is 23.5. The van der Waals surface area contributed by atoms with Crippen LogP contribution in [0.25, 0.3) is 0 Å². The summed E-state index contributed by atoms with van der Waals surface area (Å²) in [6.07, 6.45) is 2.01. The van der Waals surface area contributed by atoms with Crippen LogP contribution in [0.15, 0.2) is 58.3 Å². The number of nitrogens with one attached hydrogen (secondary N) is 1. The maximum Gasteiger partial charge on any atom is 0.243 e. The highest BCUT2D eigenvalue weighted by Gasteiger charge is 2.32. The van der Waals surface area contributed by atoms with E-state index in [1.807, 2.05) is 6.92 Å². The van der Waals surface area contributed by atoms with Crippen LogP contribution >= 0.6 is 0 Å². The molecule has 32 heavy (non-hydrogen) atoms. The molecular formula is C22H28N2O6S2. The molecular weight excluding hydrogens is 452 g/mol. The molecule has 1 fully saturated rings. The summed E-state index contributed by atoms with van der Waals surface area (Å²) >= 11 is 0. The predicted molar refractivity (Wildman–Crippen MR) is 121 cm³/mol. The standard InChI is InChI=1S/C22H28N2O6S2/c1-16(17-4-8-20(9-5-17)31(3,26)27)23-22(25)18-12-14-24(15-13-18)32(28,29)21-10-6-19(30-2)7-11-21/h4-11,16,18H,12-15H2,1-3H3,(H,23,25). The highest BCUT2D eigenvalue weighted by molar-refractivity contribution is 7.90. The number of carbonyl (C=O) groups is 1. The van der Waals surface area contributed by atoms with Gasteiger partial charge in [-0.3, -0.25) is 4.79 Å². The van der Waals surface area contributed by atoms with Crippen LogP contribution in [0.2, 0.25) is 0 Å². The molecule has 3 rings (SSSR count). The van der Waals surface area contributed by atoms with Gasteiger partial charge in [0.25, 0.3) is 0 Å². The SMILES string of the molecule is COc1ccc(S(=O)(=O)N2CCC(C(=O)NC(C)c3ccc(S(C)(=O)=O)cc3)CC2)cc1. The number of hydrogen-bond donors (Lipinski definition) is 1. The minimum Gasteiger partial charge on any atom is -0.497 e. The molecule has 1 aliphatic rings. The van der Waals surface area contributed by atoms with Crippen molar-refractivity contribution >= 4 is 25.8 Å². The van der Waals surface area contributed by atoms with Crippen LogP contribution in [-0.4, -0.2) is 53.5 Å². The van der Waals surface area contributed by atoms with Crippen LogP contribution in [-0.2, 0) is 24.7 Å². The summed E-state index contributed by atoms with van der Waals surface area (Å²) in [5.41, 5.74) is 0.797. The number of carbonyl (C=O) groups excluding carboxylic acids is 1. The number of nitrogens with zero attached hydrogens (tertiary/aromatic N) is 1. The highest BCUT2D eigenvalue weighted by Crippen LogP contribution is 2.26. The van der Waals surface area contributed by atoms with Crippen molar-refractivity contribution in [3.05, 3.63) is 54.1 Å². The van der Waals surface area contributed by atoms with Crippen LogP contribution in [0.4, 0.5) is 0 Å². The van der Waals surface area contributed by atoms with Crippen LogP contribution in [0, 0.1) is 5.92 Å². The summed E-state index contributed by atoms with van der Waals surface area (Å²) in [7, 11) is -5.38. The quantitative estimate of drug-likeness (QED) is 0.652. The molecule has 10 heteroatoms. The Labute approximate surface area is 189 Å². The van der Waals surface area contributed by atoms with E-state index >= 15 is 0 Å². The summed E-state index contributed by atoms with van der Waals surface area (Å²) in [6.45, 7) is 2.37. The van der Waals surface area contributed by atoms with E-state index < -0.39 is 19.9 Å². The Balaban J connectivity index is 1.57. The van der Waals surface area contributed by atoms with Crippen LogP contribution < -0.4 is 10.1 Å². The number of hydrogen-bond acceptors (Lipinski definition) is 6. The molecule has 1 amide bonds. The van der Waals surface area contributed by atoms with Crippen molar-refractivity contribution in [2.24, 2.45) is 5.92 Å². The molecule has 1 aliphatic heterocycles. The van der Waals surface area contributed by atoms with Crippen molar-refractivity contribution in [3.63, 3.8) is 0 Å². The molecule has 1 unspecified atom stereocenters. The number of sulfonamides is 1. The average molecular weight is 481 g/mol. The van der Waals surface area contributed by atoms with E-state index in [9.17, 15) is 21.6 Å². The van der Waals surface area contributed by atoms with Gasteiger partial charge in [-0.15, -0.1) is 0 Å². The third kappa shape index (κ3) is 5.48. The zero-order valence-corrected chi connectivity index (χ0v) is 19.9. The predicted octanol–water partition coefficient (Wildman–Crippen LogP) is 2.38. The number of ether oxygens (including phenoxy) is 1. The number of methoxy groups -OCH3 is 1. The van der Waals surface area contributed by atoms with Gasteiger partial charge in [0, 0.05) is 25.3 Å². The fourth-order valence-electron chi connectivity index (χ4n) is 3.67. The topological polar surface area (TPSA) is 110 Å². The number of benzene rings is 2.